The number of para-hydroxylation sites is 1. The summed E-state index contributed by atoms with van der Waals surface area (Å²) in [4.78, 5) is 8.41. The van der Waals surface area contributed by atoms with Crippen LogP contribution in [-0.4, -0.2) is 40.8 Å². The van der Waals surface area contributed by atoms with Crippen LogP contribution in [0.15, 0.2) is 46.0 Å². The van der Waals surface area contributed by atoms with Crippen LogP contribution in [0.1, 0.15) is 18.1 Å². The topological polar surface area (TPSA) is 80.3 Å². The molecular formula is C18H24N6O. The van der Waals surface area contributed by atoms with Gasteiger partial charge in [-0.25, -0.2) is 0 Å². The number of rotatable bonds is 7. The molecule has 25 heavy (non-hydrogen) atoms. The fourth-order valence-electron chi connectivity index (χ4n) is 2.74. The van der Waals surface area contributed by atoms with E-state index < -0.39 is 0 Å². The average Bonchev–Trinajstić information content (AvgIpc) is 3.23. The molecular weight excluding hydrogens is 316 g/mol. The standard InChI is InChI=1S/C18H24N6O/c1-14-22-17(25-23-14)8-11-21-18(19-2)20-10-5-12-24-13-9-15-6-3-4-7-16(15)24/h3-4,6-7,9,13H,5,8,10-12H2,1-2H3,(H2,19,20,21). The summed E-state index contributed by atoms with van der Waals surface area (Å²) in [5, 5.41) is 11.6. The molecule has 7 nitrogen and oxygen atoms in total. The first-order valence-electron chi connectivity index (χ1n) is 8.54. The summed E-state index contributed by atoms with van der Waals surface area (Å²) in [6, 6.07) is 10.6. The quantitative estimate of drug-likeness (QED) is 0.391. The fourth-order valence-corrected chi connectivity index (χ4v) is 2.74. The molecule has 0 unspecified atom stereocenters. The number of aromatic nitrogens is 3. The number of aryl methyl sites for hydroxylation is 2. The molecule has 0 aliphatic heterocycles. The van der Waals surface area contributed by atoms with Gasteiger partial charge < -0.3 is 19.7 Å². The van der Waals surface area contributed by atoms with Gasteiger partial charge in [0.15, 0.2) is 11.8 Å². The highest BCUT2D eigenvalue weighted by Gasteiger charge is 2.04. The molecule has 1 aromatic carbocycles. The van der Waals surface area contributed by atoms with E-state index in [9.17, 15) is 0 Å². The minimum absolute atomic E-state index is 0.639. The van der Waals surface area contributed by atoms with Crippen LogP contribution in [0.25, 0.3) is 10.9 Å². The summed E-state index contributed by atoms with van der Waals surface area (Å²) in [5.74, 6) is 2.09. The Labute approximate surface area is 147 Å². The maximum Gasteiger partial charge on any atom is 0.228 e. The molecule has 0 saturated heterocycles. The lowest BCUT2D eigenvalue weighted by molar-refractivity contribution is 0.374. The largest absolute Gasteiger partial charge is 0.356 e. The van der Waals surface area contributed by atoms with Gasteiger partial charge in [-0.1, -0.05) is 23.4 Å². The third-order valence-electron chi connectivity index (χ3n) is 3.97. The first-order valence-corrected chi connectivity index (χ1v) is 8.54. The van der Waals surface area contributed by atoms with Gasteiger partial charge >= 0.3 is 0 Å². The number of guanidine groups is 1. The molecule has 0 spiro atoms. The van der Waals surface area contributed by atoms with Crippen LogP contribution in [0.4, 0.5) is 0 Å². The van der Waals surface area contributed by atoms with Crippen molar-refractivity contribution in [3.63, 3.8) is 0 Å². The van der Waals surface area contributed by atoms with Crippen molar-refractivity contribution in [1.82, 2.24) is 25.3 Å². The molecule has 132 valence electrons. The average molecular weight is 340 g/mol. The van der Waals surface area contributed by atoms with Crippen molar-refractivity contribution in [2.24, 2.45) is 4.99 Å². The molecule has 2 aromatic heterocycles. The highest BCUT2D eigenvalue weighted by atomic mass is 16.5. The lowest BCUT2D eigenvalue weighted by Gasteiger charge is -2.11. The minimum Gasteiger partial charge on any atom is -0.356 e. The highest BCUT2D eigenvalue weighted by Crippen LogP contribution is 2.15. The number of nitrogens with zero attached hydrogens (tertiary/aromatic N) is 4. The maximum atomic E-state index is 5.09. The van der Waals surface area contributed by atoms with E-state index in [1.807, 2.05) is 6.92 Å². The van der Waals surface area contributed by atoms with Gasteiger partial charge in [0.25, 0.3) is 0 Å². The third-order valence-corrected chi connectivity index (χ3v) is 3.97. The first-order chi connectivity index (χ1) is 12.3. The zero-order valence-corrected chi connectivity index (χ0v) is 14.7. The number of fused-ring (bicyclic) bond motifs is 1. The number of nitrogens with one attached hydrogen (secondary N) is 2. The van der Waals surface area contributed by atoms with Gasteiger partial charge in [-0.3, -0.25) is 4.99 Å². The van der Waals surface area contributed by atoms with E-state index in [-0.39, 0.29) is 0 Å². The van der Waals surface area contributed by atoms with Gasteiger partial charge in [-0.15, -0.1) is 0 Å². The monoisotopic (exact) mass is 340 g/mol. The van der Waals surface area contributed by atoms with E-state index in [4.69, 9.17) is 4.52 Å². The van der Waals surface area contributed by atoms with Crippen LogP contribution in [0.5, 0.6) is 0 Å². The number of aliphatic imine (C=N–C) groups is 1. The summed E-state index contributed by atoms with van der Waals surface area (Å²) < 4.78 is 7.37. The maximum absolute atomic E-state index is 5.09. The van der Waals surface area contributed by atoms with Crippen molar-refractivity contribution in [3.8, 4) is 0 Å². The third kappa shape index (κ3) is 4.59. The molecule has 0 bridgehead atoms. The van der Waals surface area contributed by atoms with Gasteiger partial charge in [0.2, 0.25) is 5.89 Å². The SMILES string of the molecule is CN=C(NCCCn1ccc2ccccc21)NCCc1nc(C)no1. The lowest BCUT2D eigenvalue weighted by atomic mass is 10.2. The van der Waals surface area contributed by atoms with Crippen molar-refractivity contribution >= 4 is 16.9 Å². The first kappa shape index (κ1) is 17.0. The van der Waals surface area contributed by atoms with Crippen molar-refractivity contribution in [3.05, 3.63) is 48.2 Å². The predicted octanol–water partition coefficient (Wildman–Crippen LogP) is 2.13. The fraction of sp³-hybridized carbons (Fsp3) is 0.389. The Kier molecular flexibility index (Phi) is 5.66. The Morgan fingerprint density at radius 2 is 2.04 bits per heavy atom. The van der Waals surface area contributed by atoms with Gasteiger partial charge in [0, 0.05) is 44.8 Å². The Morgan fingerprint density at radius 3 is 2.84 bits per heavy atom. The molecule has 0 amide bonds. The second-order valence-electron chi connectivity index (χ2n) is 5.83. The van der Waals surface area contributed by atoms with Gasteiger partial charge in [0.05, 0.1) is 0 Å². The molecule has 3 aromatic rings. The minimum atomic E-state index is 0.639. The van der Waals surface area contributed by atoms with Crippen LogP contribution in [0, 0.1) is 6.92 Å². The molecule has 0 radical (unpaired) electrons. The molecule has 0 atom stereocenters. The zero-order chi connectivity index (χ0) is 17.5. The van der Waals surface area contributed by atoms with E-state index in [0.717, 1.165) is 25.5 Å². The van der Waals surface area contributed by atoms with E-state index in [2.05, 4.69) is 66.9 Å². The molecule has 0 saturated carbocycles. The zero-order valence-electron chi connectivity index (χ0n) is 14.7. The number of hydrogen-bond donors (Lipinski definition) is 2. The Morgan fingerprint density at radius 1 is 1.20 bits per heavy atom. The predicted molar refractivity (Wildman–Crippen MR) is 98.7 cm³/mol. The highest BCUT2D eigenvalue weighted by molar-refractivity contribution is 5.80. The van der Waals surface area contributed by atoms with Crippen molar-refractivity contribution in [2.45, 2.75) is 26.3 Å². The summed E-state index contributed by atoms with van der Waals surface area (Å²) in [6.07, 6.45) is 3.84. The van der Waals surface area contributed by atoms with Crippen molar-refractivity contribution in [2.75, 3.05) is 20.1 Å². The lowest BCUT2D eigenvalue weighted by Crippen LogP contribution is -2.39. The van der Waals surface area contributed by atoms with Crippen molar-refractivity contribution < 1.29 is 4.52 Å². The smallest absolute Gasteiger partial charge is 0.228 e. The van der Waals surface area contributed by atoms with E-state index in [1.165, 1.54) is 10.9 Å². The summed E-state index contributed by atoms with van der Waals surface area (Å²) in [7, 11) is 1.77. The number of hydrogen-bond acceptors (Lipinski definition) is 4. The Balaban J connectivity index is 1.38. The van der Waals surface area contributed by atoms with E-state index in [1.54, 1.807) is 7.05 Å². The van der Waals surface area contributed by atoms with Crippen LogP contribution in [0.2, 0.25) is 0 Å². The summed E-state index contributed by atoms with van der Waals surface area (Å²) >= 11 is 0. The summed E-state index contributed by atoms with van der Waals surface area (Å²) in [5.41, 5.74) is 1.28. The number of benzene rings is 1. The van der Waals surface area contributed by atoms with Gasteiger partial charge in [0.1, 0.15) is 0 Å². The normalized spacial score (nSPS) is 11.8. The van der Waals surface area contributed by atoms with Crippen LogP contribution < -0.4 is 10.6 Å². The van der Waals surface area contributed by atoms with E-state index in [0.29, 0.717) is 24.7 Å². The molecule has 0 fully saturated rings. The van der Waals surface area contributed by atoms with Crippen LogP contribution in [-0.2, 0) is 13.0 Å². The molecule has 0 aliphatic carbocycles. The van der Waals surface area contributed by atoms with Crippen LogP contribution in [0.3, 0.4) is 0 Å². The Bertz CT molecular complexity index is 835. The van der Waals surface area contributed by atoms with E-state index >= 15 is 0 Å². The molecule has 7 heteroatoms. The Hall–Kier alpha value is -2.83. The van der Waals surface area contributed by atoms with Crippen molar-refractivity contribution in [1.29, 1.82) is 0 Å². The van der Waals surface area contributed by atoms with Gasteiger partial charge in [-0.05, 0) is 30.9 Å². The van der Waals surface area contributed by atoms with Crippen LogP contribution >= 0.6 is 0 Å². The molecule has 0 aliphatic rings. The molecule has 2 N–H and O–H groups in total. The second kappa shape index (κ2) is 8.32. The molecule has 3 rings (SSSR count). The second-order valence-corrected chi connectivity index (χ2v) is 5.83. The van der Waals surface area contributed by atoms with Gasteiger partial charge in [-0.2, -0.15) is 4.98 Å². The molecule has 2 heterocycles. The summed E-state index contributed by atoms with van der Waals surface area (Å²) in [6.45, 7) is 4.34.